The van der Waals surface area contributed by atoms with Gasteiger partial charge >= 0.3 is 0 Å². The van der Waals surface area contributed by atoms with Crippen molar-refractivity contribution in [1.29, 1.82) is 0 Å². The number of nitrogens with one attached hydrogen (secondary N) is 1. The van der Waals surface area contributed by atoms with Gasteiger partial charge in [0.25, 0.3) is 0 Å². The number of aromatic nitrogens is 1. The summed E-state index contributed by atoms with van der Waals surface area (Å²) in [7, 11) is 0. The van der Waals surface area contributed by atoms with E-state index in [9.17, 15) is 4.79 Å². The van der Waals surface area contributed by atoms with Gasteiger partial charge in [0.1, 0.15) is 0 Å². The molecule has 0 atom stereocenters. The van der Waals surface area contributed by atoms with Crippen LogP contribution in [0.2, 0.25) is 0 Å². The molecule has 0 aromatic carbocycles. The number of anilines is 1. The van der Waals surface area contributed by atoms with E-state index in [0.29, 0.717) is 12.8 Å². The zero-order valence-electron chi connectivity index (χ0n) is 10.1. The van der Waals surface area contributed by atoms with E-state index >= 15 is 0 Å². The molecule has 0 saturated heterocycles. The molecular formula is C12H19N3O. The largest absolute Gasteiger partial charge is 0.326 e. The first kappa shape index (κ1) is 12.6. The van der Waals surface area contributed by atoms with E-state index in [4.69, 9.17) is 5.73 Å². The van der Waals surface area contributed by atoms with Crippen LogP contribution in [0.4, 0.5) is 5.69 Å². The molecule has 0 aliphatic heterocycles. The fourth-order valence-corrected chi connectivity index (χ4v) is 1.24. The predicted molar refractivity (Wildman–Crippen MR) is 65.1 cm³/mol. The summed E-state index contributed by atoms with van der Waals surface area (Å²) in [6, 6.07) is 1.86. The average Bonchev–Trinajstić information content (AvgIpc) is 2.18. The van der Waals surface area contributed by atoms with Gasteiger partial charge in [-0.3, -0.25) is 9.78 Å². The van der Waals surface area contributed by atoms with Gasteiger partial charge in [-0.05, 0) is 38.8 Å². The fraction of sp³-hybridized carbons (Fsp3) is 0.500. The first-order chi connectivity index (χ1) is 7.38. The molecule has 0 spiro atoms. The molecule has 0 fully saturated rings. The van der Waals surface area contributed by atoms with Crippen molar-refractivity contribution in [2.24, 2.45) is 5.73 Å². The summed E-state index contributed by atoms with van der Waals surface area (Å²) in [4.78, 5) is 15.6. The Balaban J connectivity index is 2.50. The molecule has 3 N–H and O–H groups in total. The van der Waals surface area contributed by atoms with Crippen LogP contribution in [0.3, 0.4) is 0 Å². The predicted octanol–water partition coefficient (Wildman–Crippen LogP) is 1.85. The number of hydrogen-bond donors (Lipinski definition) is 2. The summed E-state index contributed by atoms with van der Waals surface area (Å²) in [6.45, 7) is 5.76. The maximum Gasteiger partial charge on any atom is 0.224 e. The van der Waals surface area contributed by atoms with Gasteiger partial charge in [-0.15, -0.1) is 0 Å². The molecular weight excluding hydrogens is 202 g/mol. The monoisotopic (exact) mass is 221 g/mol. The molecule has 0 aliphatic rings. The van der Waals surface area contributed by atoms with Gasteiger partial charge in [-0.25, -0.2) is 0 Å². The van der Waals surface area contributed by atoms with Crippen LogP contribution in [0.15, 0.2) is 18.5 Å². The summed E-state index contributed by atoms with van der Waals surface area (Å²) >= 11 is 0. The summed E-state index contributed by atoms with van der Waals surface area (Å²) in [5.41, 5.74) is 7.29. The Hall–Kier alpha value is -1.42. The lowest BCUT2D eigenvalue weighted by Crippen LogP contribution is -2.33. The molecule has 0 bridgehead atoms. The number of pyridine rings is 1. The molecule has 1 amide bonds. The zero-order valence-corrected chi connectivity index (χ0v) is 10.1. The van der Waals surface area contributed by atoms with E-state index < -0.39 is 0 Å². The number of nitrogens with zero attached hydrogens (tertiary/aromatic N) is 1. The summed E-state index contributed by atoms with van der Waals surface area (Å²) in [5, 5.41) is 2.83. The highest BCUT2D eigenvalue weighted by Crippen LogP contribution is 2.13. The van der Waals surface area contributed by atoms with Crippen molar-refractivity contribution < 1.29 is 4.79 Å². The minimum Gasteiger partial charge on any atom is -0.326 e. The van der Waals surface area contributed by atoms with E-state index in [1.165, 1.54) is 0 Å². The molecule has 0 saturated carbocycles. The lowest BCUT2D eigenvalue weighted by Gasteiger charge is -2.17. The number of nitrogens with two attached hydrogens (primary N) is 1. The minimum atomic E-state index is -0.304. The third kappa shape index (κ3) is 4.40. The Bertz CT molecular complexity index is 369. The molecule has 0 unspecified atom stereocenters. The highest BCUT2D eigenvalue weighted by molar-refractivity contribution is 5.91. The molecule has 16 heavy (non-hydrogen) atoms. The highest BCUT2D eigenvalue weighted by atomic mass is 16.1. The summed E-state index contributed by atoms with van der Waals surface area (Å²) in [5.74, 6) is -0.0189. The van der Waals surface area contributed by atoms with Gasteiger partial charge in [-0.2, -0.15) is 0 Å². The van der Waals surface area contributed by atoms with Crippen LogP contribution in [0.25, 0.3) is 0 Å². The number of hydrogen-bond acceptors (Lipinski definition) is 3. The molecule has 4 heteroatoms. The Morgan fingerprint density at radius 3 is 2.81 bits per heavy atom. The lowest BCUT2D eigenvalue weighted by atomic mass is 10.00. The van der Waals surface area contributed by atoms with Gasteiger partial charge < -0.3 is 11.1 Å². The van der Waals surface area contributed by atoms with Crippen molar-refractivity contribution in [2.75, 3.05) is 5.32 Å². The Morgan fingerprint density at radius 1 is 1.56 bits per heavy atom. The first-order valence-corrected chi connectivity index (χ1v) is 5.38. The van der Waals surface area contributed by atoms with E-state index in [1.54, 1.807) is 12.4 Å². The topological polar surface area (TPSA) is 68.0 Å². The van der Waals surface area contributed by atoms with Crippen LogP contribution in [0.5, 0.6) is 0 Å². The number of carbonyl (C=O) groups excluding carboxylic acids is 1. The van der Waals surface area contributed by atoms with E-state index in [-0.39, 0.29) is 11.4 Å². The molecule has 88 valence electrons. The van der Waals surface area contributed by atoms with Crippen LogP contribution < -0.4 is 11.1 Å². The lowest BCUT2D eigenvalue weighted by molar-refractivity contribution is -0.116. The van der Waals surface area contributed by atoms with E-state index in [1.807, 2.05) is 26.8 Å². The first-order valence-electron chi connectivity index (χ1n) is 5.38. The maximum absolute atomic E-state index is 11.6. The van der Waals surface area contributed by atoms with Gasteiger partial charge in [-0.1, -0.05) is 0 Å². The summed E-state index contributed by atoms with van der Waals surface area (Å²) in [6.07, 6.45) is 4.45. The normalized spacial score (nSPS) is 11.2. The van der Waals surface area contributed by atoms with E-state index in [0.717, 1.165) is 11.3 Å². The van der Waals surface area contributed by atoms with Crippen molar-refractivity contribution in [2.45, 2.75) is 39.2 Å². The Kier molecular flexibility index (Phi) is 4.01. The second-order valence-corrected chi connectivity index (χ2v) is 4.73. The van der Waals surface area contributed by atoms with Crippen LogP contribution in [-0.4, -0.2) is 16.4 Å². The highest BCUT2D eigenvalue weighted by Gasteiger charge is 2.13. The number of aryl methyl sites for hydroxylation is 1. The van der Waals surface area contributed by atoms with Gasteiger partial charge in [0, 0.05) is 18.2 Å². The zero-order chi connectivity index (χ0) is 12.2. The maximum atomic E-state index is 11.6. The SMILES string of the molecule is Cc1ccncc1NC(=O)CCC(C)(C)N. The molecule has 1 aromatic rings. The fourth-order valence-electron chi connectivity index (χ4n) is 1.24. The number of rotatable bonds is 4. The van der Waals surface area contributed by atoms with E-state index in [2.05, 4.69) is 10.3 Å². The van der Waals surface area contributed by atoms with Gasteiger partial charge in [0.05, 0.1) is 11.9 Å². The van der Waals surface area contributed by atoms with Gasteiger partial charge in [0.2, 0.25) is 5.91 Å². The molecule has 1 rings (SSSR count). The van der Waals surface area contributed by atoms with Crippen LogP contribution in [-0.2, 0) is 4.79 Å². The second-order valence-electron chi connectivity index (χ2n) is 4.73. The standard InChI is InChI=1S/C12H19N3O/c1-9-5-7-14-8-10(9)15-11(16)4-6-12(2,3)13/h5,7-8H,4,6,13H2,1-3H3,(H,15,16). The second kappa shape index (κ2) is 5.07. The smallest absolute Gasteiger partial charge is 0.224 e. The van der Waals surface area contributed by atoms with Crippen molar-refractivity contribution in [3.8, 4) is 0 Å². The molecule has 0 radical (unpaired) electrons. The Labute approximate surface area is 96.3 Å². The number of amides is 1. The average molecular weight is 221 g/mol. The van der Waals surface area contributed by atoms with Crippen molar-refractivity contribution in [3.05, 3.63) is 24.0 Å². The molecule has 0 aliphatic carbocycles. The quantitative estimate of drug-likeness (QED) is 0.815. The summed E-state index contributed by atoms with van der Waals surface area (Å²) < 4.78 is 0. The molecule has 4 nitrogen and oxygen atoms in total. The number of carbonyl (C=O) groups is 1. The van der Waals surface area contributed by atoms with Crippen molar-refractivity contribution in [3.63, 3.8) is 0 Å². The van der Waals surface area contributed by atoms with Crippen LogP contribution >= 0.6 is 0 Å². The third-order valence-corrected chi connectivity index (χ3v) is 2.31. The third-order valence-electron chi connectivity index (χ3n) is 2.31. The van der Waals surface area contributed by atoms with Crippen LogP contribution in [0.1, 0.15) is 32.3 Å². The molecule has 1 heterocycles. The van der Waals surface area contributed by atoms with Crippen molar-refractivity contribution in [1.82, 2.24) is 4.98 Å². The van der Waals surface area contributed by atoms with Gasteiger partial charge in [0.15, 0.2) is 0 Å². The van der Waals surface area contributed by atoms with Crippen molar-refractivity contribution >= 4 is 11.6 Å². The van der Waals surface area contributed by atoms with Crippen LogP contribution in [0, 0.1) is 6.92 Å². The molecule has 1 aromatic heterocycles. The Morgan fingerprint density at radius 2 is 2.25 bits per heavy atom. The minimum absolute atomic E-state index is 0.0189.